The van der Waals surface area contributed by atoms with Gasteiger partial charge in [0.2, 0.25) is 0 Å². The smallest absolute Gasteiger partial charge is 0.130 e. The van der Waals surface area contributed by atoms with E-state index in [1.807, 2.05) is 0 Å². The van der Waals surface area contributed by atoms with Gasteiger partial charge < -0.3 is 9.47 Å². The molecule has 0 aromatic heterocycles. The summed E-state index contributed by atoms with van der Waals surface area (Å²) in [7, 11) is 3.09. The maximum atomic E-state index is 14.0. The first-order valence-electron chi connectivity index (χ1n) is 6.29. The Balaban J connectivity index is 2.49. The zero-order valence-electron chi connectivity index (χ0n) is 11.9. The third-order valence-corrected chi connectivity index (χ3v) is 4.25. The zero-order valence-corrected chi connectivity index (χ0v) is 13.5. The quantitative estimate of drug-likeness (QED) is 0.734. The van der Waals surface area contributed by atoms with Crippen LogP contribution in [0.3, 0.4) is 0 Å². The summed E-state index contributed by atoms with van der Waals surface area (Å²) in [5.41, 5.74) is 1.49. The Kier molecular flexibility index (Phi) is 4.83. The number of rotatable bonds is 4. The van der Waals surface area contributed by atoms with Gasteiger partial charge in [0.15, 0.2) is 0 Å². The summed E-state index contributed by atoms with van der Waals surface area (Å²) < 4.78 is 37.8. The molecule has 0 bridgehead atoms. The minimum absolute atomic E-state index is 0.359. The van der Waals surface area contributed by atoms with Crippen molar-refractivity contribution < 1.29 is 18.3 Å². The first kappa shape index (κ1) is 15.8. The number of benzene rings is 2. The predicted octanol–water partition coefficient (Wildman–Crippen LogP) is 4.77. The number of ether oxygens (including phenoxy) is 2. The summed E-state index contributed by atoms with van der Waals surface area (Å²) >= 11 is 3.46. The average molecular weight is 357 g/mol. The number of halogens is 3. The molecule has 2 aromatic carbocycles. The highest BCUT2D eigenvalue weighted by molar-refractivity contribution is 9.09. The Morgan fingerprint density at radius 2 is 1.67 bits per heavy atom. The molecule has 2 aromatic rings. The van der Waals surface area contributed by atoms with Crippen molar-refractivity contribution in [2.75, 3.05) is 14.2 Å². The molecular weight excluding hydrogens is 342 g/mol. The second-order valence-corrected chi connectivity index (χ2v) is 5.51. The van der Waals surface area contributed by atoms with E-state index >= 15 is 0 Å². The van der Waals surface area contributed by atoms with E-state index in [-0.39, 0.29) is 0 Å². The van der Waals surface area contributed by atoms with Crippen LogP contribution in [0.4, 0.5) is 8.78 Å². The Hall–Kier alpha value is -1.62. The van der Waals surface area contributed by atoms with Gasteiger partial charge in [-0.05, 0) is 24.6 Å². The third kappa shape index (κ3) is 3.18. The Bertz CT molecular complexity index is 659. The van der Waals surface area contributed by atoms with Crippen LogP contribution in [0.15, 0.2) is 30.3 Å². The van der Waals surface area contributed by atoms with E-state index in [0.29, 0.717) is 22.6 Å². The number of hydrogen-bond donors (Lipinski definition) is 0. The van der Waals surface area contributed by atoms with E-state index in [1.165, 1.54) is 13.2 Å². The number of alkyl halides is 1. The lowest BCUT2D eigenvalue weighted by Gasteiger charge is -2.17. The standard InChI is InChI=1S/C16H15BrF2O2/c1-9-6-12(14(19)8-13(9)18)16(17)11-5-4-10(20-2)7-15(11)21-3/h4-8,16H,1-3H3. The van der Waals surface area contributed by atoms with Crippen molar-refractivity contribution in [1.29, 1.82) is 0 Å². The first-order valence-corrected chi connectivity index (χ1v) is 7.21. The van der Waals surface area contributed by atoms with Gasteiger partial charge in [0.05, 0.1) is 19.0 Å². The monoisotopic (exact) mass is 356 g/mol. The highest BCUT2D eigenvalue weighted by atomic mass is 79.9. The summed E-state index contributed by atoms with van der Waals surface area (Å²) in [6.45, 7) is 1.60. The fraction of sp³-hybridized carbons (Fsp3) is 0.250. The molecule has 5 heteroatoms. The van der Waals surface area contributed by atoms with E-state index in [1.54, 1.807) is 32.2 Å². The second-order valence-electron chi connectivity index (χ2n) is 4.59. The topological polar surface area (TPSA) is 18.5 Å². The molecule has 1 unspecified atom stereocenters. The number of hydrogen-bond acceptors (Lipinski definition) is 2. The molecule has 2 rings (SSSR count). The molecule has 21 heavy (non-hydrogen) atoms. The van der Waals surface area contributed by atoms with Crippen molar-refractivity contribution in [3.05, 3.63) is 58.7 Å². The van der Waals surface area contributed by atoms with Crippen molar-refractivity contribution in [1.82, 2.24) is 0 Å². The zero-order chi connectivity index (χ0) is 15.6. The Morgan fingerprint density at radius 1 is 0.952 bits per heavy atom. The van der Waals surface area contributed by atoms with Crippen LogP contribution in [-0.4, -0.2) is 14.2 Å². The summed E-state index contributed by atoms with van der Waals surface area (Å²) in [5.74, 6) is 0.0548. The van der Waals surface area contributed by atoms with Gasteiger partial charge >= 0.3 is 0 Å². The maximum absolute atomic E-state index is 14.0. The summed E-state index contributed by atoms with van der Waals surface area (Å²) in [5, 5.41) is 0. The number of aryl methyl sites for hydroxylation is 1. The number of methoxy groups -OCH3 is 2. The molecule has 0 heterocycles. The van der Waals surface area contributed by atoms with Crippen LogP contribution in [0.1, 0.15) is 21.5 Å². The summed E-state index contributed by atoms with van der Waals surface area (Å²) in [6.07, 6.45) is 0. The van der Waals surface area contributed by atoms with Gasteiger partial charge in [-0.3, -0.25) is 0 Å². The molecule has 0 aliphatic carbocycles. The minimum atomic E-state index is -0.599. The van der Waals surface area contributed by atoms with Crippen molar-refractivity contribution in [3.8, 4) is 11.5 Å². The van der Waals surface area contributed by atoms with Crippen LogP contribution in [0.25, 0.3) is 0 Å². The van der Waals surface area contributed by atoms with E-state index in [9.17, 15) is 8.78 Å². The lowest BCUT2D eigenvalue weighted by molar-refractivity contribution is 0.391. The van der Waals surface area contributed by atoms with Crippen LogP contribution in [0, 0.1) is 18.6 Å². The van der Waals surface area contributed by atoms with Gasteiger partial charge in [-0.25, -0.2) is 8.78 Å². The maximum Gasteiger partial charge on any atom is 0.130 e. The molecule has 0 N–H and O–H groups in total. The van der Waals surface area contributed by atoms with Gasteiger partial charge in [-0.15, -0.1) is 0 Å². The van der Waals surface area contributed by atoms with Crippen LogP contribution in [-0.2, 0) is 0 Å². The fourth-order valence-electron chi connectivity index (χ4n) is 2.07. The summed E-state index contributed by atoms with van der Waals surface area (Å²) in [6, 6.07) is 7.66. The van der Waals surface area contributed by atoms with Crippen LogP contribution in [0.5, 0.6) is 11.5 Å². The molecular formula is C16H15BrF2O2. The van der Waals surface area contributed by atoms with Crippen LogP contribution < -0.4 is 9.47 Å². The molecule has 0 aliphatic rings. The molecule has 0 fully saturated rings. The third-order valence-electron chi connectivity index (χ3n) is 3.26. The molecule has 112 valence electrons. The van der Waals surface area contributed by atoms with Crippen LogP contribution in [0.2, 0.25) is 0 Å². The first-order chi connectivity index (χ1) is 9.97. The average Bonchev–Trinajstić information content (AvgIpc) is 2.49. The molecule has 0 radical (unpaired) electrons. The van der Waals surface area contributed by atoms with E-state index in [2.05, 4.69) is 15.9 Å². The van der Waals surface area contributed by atoms with E-state index in [0.717, 1.165) is 11.6 Å². The molecule has 0 saturated carbocycles. The predicted molar refractivity (Wildman–Crippen MR) is 81.4 cm³/mol. The van der Waals surface area contributed by atoms with Gasteiger partial charge in [0.1, 0.15) is 23.1 Å². The molecule has 0 aliphatic heterocycles. The van der Waals surface area contributed by atoms with Gasteiger partial charge in [-0.2, -0.15) is 0 Å². The second kappa shape index (κ2) is 6.43. The lowest BCUT2D eigenvalue weighted by Crippen LogP contribution is -2.02. The molecule has 0 amide bonds. The highest BCUT2D eigenvalue weighted by Gasteiger charge is 2.20. The minimum Gasteiger partial charge on any atom is -0.497 e. The van der Waals surface area contributed by atoms with Crippen molar-refractivity contribution in [3.63, 3.8) is 0 Å². The van der Waals surface area contributed by atoms with E-state index < -0.39 is 16.5 Å². The van der Waals surface area contributed by atoms with Crippen LogP contribution >= 0.6 is 15.9 Å². The fourth-order valence-corrected chi connectivity index (χ4v) is 2.80. The lowest BCUT2D eigenvalue weighted by atomic mass is 10.0. The van der Waals surface area contributed by atoms with Gasteiger partial charge in [0.25, 0.3) is 0 Å². The van der Waals surface area contributed by atoms with E-state index in [4.69, 9.17) is 9.47 Å². The van der Waals surface area contributed by atoms with Gasteiger partial charge in [-0.1, -0.05) is 22.0 Å². The Morgan fingerprint density at radius 3 is 2.29 bits per heavy atom. The van der Waals surface area contributed by atoms with Crippen molar-refractivity contribution in [2.45, 2.75) is 11.8 Å². The molecule has 0 saturated heterocycles. The molecule has 1 atom stereocenters. The van der Waals surface area contributed by atoms with Crippen molar-refractivity contribution in [2.24, 2.45) is 0 Å². The molecule has 2 nitrogen and oxygen atoms in total. The largest absolute Gasteiger partial charge is 0.497 e. The van der Waals surface area contributed by atoms with Gasteiger partial charge in [0, 0.05) is 23.3 Å². The summed E-state index contributed by atoms with van der Waals surface area (Å²) in [4.78, 5) is -0.447. The normalized spacial score (nSPS) is 12.1. The van der Waals surface area contributed by atoms with Crippen molar-refractivity contribution >= 4 is 15.9 Å². The Labute approximate surface area is 130 Å². The highest BCUT2D eigenvalue weighted by Crippen LogP contribution is 2.39. The molecule has 0 spiro atoms. The SMILES string of the molecule is COc1ccc(C(Br)c2cc(C)c(F)cc2F)c(OC)c1.